The Morgan fingerprint density at radius 2 is 1.74 bits per heavy atom. The summed E-state index contributed by atoms with van der Waals surface area (Å²) < 4.78 is 45.1. The second-order valence-electron chi connectivity index (χ2n) is 9.84. The molecule has 7 nitrogen and oxygen atoms in total. The SMILES string of the molecule is C\C=C/C=C(C(/C)=N\C(C(N)=O)=C(F)/C(=C(\C)CC)c1c(C)ccc(N)c1C=N)\C(Nc1nc(F)ccc1F)=C(/C)CC. The highest BCUT2D eigenvalue weighted by molar-refractivity contribution is 6.08. The number of primary amides is 1. The summed E-state index contributed by atoms with van der Waals surface area (Å²) >= 11 is 0. The average Bonchev–Trinajstić information content (AvgIpc) is 2.98. The monoisotopic (exact) mass is 592 g/mol. The molecule has 0 fully saturated rings. The first-order valence-corrected chi connectivity index (χ1v) is 13.8. The van der Waals surface area contributed by atoms with Crippen molar-refractivity contribution in [2.45, 2.75) is 61.3 Å². The van der Waals surface area contributed by atoms with E-state index in [4.69, 9.17) is 16.9 Å². The van der Waals surface area contributed by atoms with Crippen molar-refractivity contribution in [3.8, 4) is 0 Å². The van der Waals surface area contributed by atoms with Crippen molar-refractivity contribution >= 4 is 34.9 Å². The molecule has 0 bridgehead atoms. The van der Waals surface area contributed by atoms with Gasteiger partial charge in [-0.3, -0.25) is 4.79 Å². The van der Waals surface area contributed by atoms with E-state index in [1.54, 1.807) is 65.0 Å². The Kier molecular flexibility index (Phi) is 12.4. The summed E-state index contributed by atoms with van der Waals surface area (Å²) in [6, 6.07) is 5.19. The zero-order chi connectivity index (χ0) is 32.4. The van der Waals surface area contributed by atoms with Crippen LogP contribution in [-0.2, 0) is 4.79 Å². The number of aromatic nitrogens is 1. The third kappa shape index (κ3) is 8.18. The van der Waals surface area contributed by atoms with Gasteiger partial charge < -0.3 is 22.2 Å². The van der Waals surface area contributed by atoms with Gasteiger partial charge in [-0.1, -0.05) is 43.7 Å². The van der Waals surface area contributed by atoms with Crippen LogP contribution >= 0.6 is 0 Å². The molecule has 0 saturated carbocycles. The normalized spacial score (nSPS) is 14.3. The number of halogens is 3. The molecule has 2 aromatic rings. The van der Waals surface area contributed by atoms with Crippen LogP contribution in [-0.4, -0.2) is 22.8 Å². The Bertz CT molecular complexity index is 1600. The maximum Gasteiger partial charge on any atom is 0.270 e. The highest BCUT2D eigenvalue weighted by Gasteiger charge is 2.25. The molecule has 0 saturated heterocycles. The van der Waals surface area contributed by atoms with E-state index in [0.717, 1.165) is 23.9 Å². The molecular weight excluding hydrogens is 553 g/mol. The summed E-state index contributed by atoms with van der Waals surface area (Å²) in [4.78, 5) is 20.8. The lowest BCUT2D eigenvalue weighted by atomic mass is 9.89. The Morgan fingerprint density at radius 1 is 1.09 bits per heavy atom. The maximum absolute atomic E-state index is 16.6. The van der Waals surface area contributed by atoms with Crippen molar-refractivity contribution in [3.05, 3.63) is 105 Å². The summed E-state index contributed by atoms with van der Waals surface area (Å²) in [5.41, 5.74) is 15.0. The summed E-state index contributed by atoms with van der Waals surface area (Å²) in [6.45, 7) is 12.3. The number of nitrogens with two attached hydrogens (primary N) is 2. The van der Waals surface area contributed by atoms with Gasteiger partial charge >= 0.3 is 0 Å². The number of anilines is 2. The molecule has 2 rings (SSSR count). The quantitative estimate of drug-likeness (QED) is 0.0657. The number of nitrogens with one attached hydrogen (secondary N) is 2. The minimum absolute atomic E-state index is 0.0693. The summed E-state index contributed by atoms with van der Waals surface area (Å²) in [5, 5.41) is 10.8. The van der Waals surface area contributed by atoms with Gasteiger partial charge in [-0.25, -0.2) is 13.8 Å². The molecule has 0 aliphatic rings. The van der Waals surface area contributed by atoms with Crippen LogP contribution < -0.4 is 16.8 Å². The van der Waals surface area contributed by atoms with E-state index in [9.17, 15) is 13.6 Å². The van der Waals surface area contributed by atoms with Gasteiger partial charge in [0.25, 0.3) is 5.91 Å². The van der Waals surface area contributed by atoms with E-state index in [1.807, 2.05) is 13.8 Å². The van der Waals surface area contributed by atoms with Gasteiger partial charge in [0.15, 0.2) is 23.2 Å². The lowest BCUT2D eigenvalue weighted by molar-refractivity contribution is -0.114. The van der Waals surface area contributed by atoms with Crippen LogP contribution in [0.3, 0.4) is 0 Å². The van der Waals surface area contributed by atoms with Crippen molar-refractivity contribution in [2.24, 2.45) is 10.7 Å². The van der Waals surface area contributed by atoms with E-state index in [2.05, 4.69) is 15.3 Å². The number of amides is 1. The van der Waals surface area contributed by atoms with Gasteiger partial charge in [-0.15, -0.1) is 0 Å². The number of hydrogen-bond donors (Lipinski definition) is 4. The lowest BCUT2D eigenvalue weighted by Gasteiger charge is -2.19. The maximum atomic E-state index is 16.6. The van der Waals surface area contributed by atoms with Gasteiger partial charge in [0.1, 0.15) is 0 Å². The molecule has 10 heteroatoms. The van der Waals surface area contributed by atoms with Crippen LogP contribution in [0.2, 0.25) is 0 Å². The fourth-order valence-electron chi connectivity index (χ4n) is 4.26. The van der Waals surface area contributed by atoms with Crippen LogP contribution in [0.5, 0.6) is 0 Å². The average molecular weight is 593 g/mol. The topological polar surface area (TPSA) is 130 Å². The fraction of sp³-hybridized carbons (Fsp3) is 0.273. The number of aliphatic imine (C=N–C) groups is 1. The number of nitrogen functional groups attached to an aromatic ring is 1. The minimum Gasteiger partial charge on any atom is -0.398 e. The molecule has 1 heterocycles. The van der Waals surface area contributed by atoms with Crippen LogP contribution in [0.1, 0.15) is 71.1 Å². The number of carbonyl (C=O) groups excluding carboxylic acids is 1. The first kappa shape index (κ1) is 34.5. The molecule has 0 spiro atoms. The van der Waals surface area contributed by atoms with E-state index in [1.165, 1.54) is 0 Å². The number of carbonyl (C=O) groups is 1. The predicted octanol–water partition coefficient (Wildman–Crippen LogP) is 7.86. The molecule has 0 unspecified atom stereocenters. The second kappa shape index (κ2) is 15.5. The zero-order valence-electron chi connectivity index (χ0n) is 25.6. The standard InChI is InChI=1S/C33H39F3N6O/c1-8-11-12-22(30(19(5)10-3)42-33-24(34)14-16-26(35)41-33)21(7)40-31(32(39)43)29(36)28(18(4)9-2)27-20(6)13-15-25(38)23(27)17-37/h8,11-17,37H,9-10,38H2,1-7H3,(H2,39,43)(H,41,42)/b11-8-,22-12-,28-18+,30-19-,31-29+,37-17?,40-21-. The van der Waals surface area contributed by atoms with Gasteiger partial charge in [0, 0.05) is 40.0 Å². The van der Waals surface area contributed by atoms with Crippen LogP contribution in [0.4, 0.5) is 24.7 Å². The molecular formula is C33H39F3N6O. The lowest BCUT2D eigenvalue weighted by Crippen LogP contribution is -2.18. The molecule has 1 aromatic carbocycles. The van der Waals surface area contributed by atoms with E-state index < -0.39 is 29.2 Å². The van der Waals surface area contributed by atoms with Crippen molar-refractivity contribution in [3.63, 3.8) is 0 Å². The number of benzene rings is 1. The number of hydrogen-bond acceptors (Lipinski definition) is 6. The Balaban J connectivity index is 2.93. The van der Waals surface area contributed by atoms with Gasteiger partial charge in [-0.05, 0) is 82.4 Å². The third-order valence-corrected chi connectivity index (χ3v) is 6.91. The number of pyridine rings is 1. The third-order valence-electron chi connectivity index (χ3n) is 6.91. The molecule has 6 N–H and O–H groups in total. The summed E-state index contributed by atoms with van der Waals surface area (Å²) in [6.07, 6.45) is 7.06. The van der Waals surface area contributed by atoms with Crippen molar-refractivity contribution in [2.75, 3.05) is 11.1 Å². The Hall–Kier alpha value is -4.73. The zero-order valence-corrected chi connectivity index (χ0v) is 25.6. The molecule has 43 heavy (non-hydrogen) atoms. The molecule has 0 atom stereocenters. The van der Waals surface area contributed by atoms with Gasteiger partial charge in [0.05, 0.1) is 0 Å². The second-order valence-corrected chi connectivity index (χ2v) is 9.84. The van der Waals surface area contributed by atoms with Crippen molar-refractivity contribution in [1.82, 2.24) is 4.98 Å². The van der Waals surface area contributed by atoms with Gasteiger partial charge in [0.2, 0.25) is 5.95 Å². The summed E-state index contributed by atoms with van der Waals surface area (Å²) in [7, 11) is 0. The minimum atomic E-state index is -1.12. The highest BCUT2D eigenvalue weighted by Crippen LogP contribution is 2.37. The first-order chi connectivity index (χ1) is 20.3. The fourth-order valence-corrected chi connectivity index (χ4v) is 4.26. The van der Waals surface area contributed by atoms with Crippen LogP contribution in [0.15, 0.2) is 81.4 Å². The Morgan fingerprint density at radius 3 is 2.30 bits per heavy atom. The molecule has 1 aromatic heterocycles. The van der Waals surface area contributed by atoms with E-state index >= 15 is 4.39 Å². The van der Waals surface area contributed by atoms with Crippen LogP contribution in [0, 0.1) is 24.1 Å². The highest BCUT2D eigenvalue weighted by atomic mass is 19.1. The Labute approximate surface area is 251 Å². The van der Waals surface area contributed by atoms with Crippen LogP contribution in [0.25, 0.3) is 5.57 Å². The molecule has 228 valence electrons. The number of aryl methyl sites for hydroxylation is 1. The first-order valence-electron chi connectivity index (χ1n) is 13.8. The smallest absolute Gasteiger partial charge is 0.270 e. The number of rotatable bonds is 12. The molecule has 0 radical (unpaired) electrons. The largest absolute Gasteiger partial charge is 0.398 e. The predicted molar refractivity (Wildman–Crippen MR) is 170 cm³/mol. The number of allylic oxidation sites excluding steroid dienone is 8. The van der Waals surface area contributed by atoms with Gasteiger partial charge in [-0.2, -0.15) is 9.37 Å². The van der Waals surface area contributed by atoms with Crippen molar-refractivity contribution < 1.29 is 18.0 Å². The van der Waals surface area contributed by atoms with E-state index in [-0.39, 0.29) is 22.8 Å². The molecule has 0 aliphatic heterocycles. The van der Waals surface area contributed by atoms with Crippen molar-refractivity contribution in [1.29, 1.82) is 5.41 Å². The van der Waals surface area contributed by atoms with E-state index in [0.29, 0.717) is 46.4 Å². The molecule has 1 amide bonds. The number of nitrogens with zero attached hydrogens (tertiary/aromatic N) is 2. The summed E-state index contributed by atoms with van der Waals surface area (Å²) in [5.74, 6) is -4.11. The molecule has 0 aliphatic carbocycles.